The average molecular weight is 488 g/mol. The van der Waals surface area contributed by atoms with Crippen LogP contribution in [0.1, 0.15) is 41.0 Å². The predicted octanol–water partition coefficient (Wildman–Crippen LogP) is 5.33. The lowest BCUT2D eigenvalue weighted by molar-refractivity contribution is -0.141. The summed E-state index contributed by atoms with van der Waals surface area (Å²) in [5.74, 6) is 2.26. The summed E-state index contributed by atoms with van der Waals surface area (Å²) < 4.78 is 22.9. The van der Waals surface area contributed by atoms with Gasteiger partial charge in [0.2, 0.25) is 0 Å². The van der Waals surface area contributed by atoms with E-state index in [2.05, 4.69) is 55.6 Å². The molecule has 6 nitrogen and oxygen atoms in total. The monoisotopic (exact) mass is 487 g/mol. The van der Waals surface area contributed by atoms with Gasteiger partial charge in [-0.1, -0.05) is 24.3 Å². The third-order valence-electron chi connectivity index (χ3n) is 6.95. The Bertz CT molecular complexity index is 1220. The third kappa shape index (κ3) is 5.34. The number of carbonyl (C=O) groups is 1. The van der Waals surface area contributed by atoms with E-state index >= 15 is 0 Å². The van der Waals surface area contributed by atoms with Crippen LogP contribution in [0.25, 0.3) is 11.1 Å². The van der Waals surface area contributed by atoms with Crippen molar-refractivity contribution in [3.8, 4) is 28.4 Å². The molecule has 2 heterocycles. The zero-order chi connectivity index (χ0) is 25.1. The molecule has 1 N–H and O–H groups in total. The molecule has 0 bridgehead atoms. The maximum atomic E-state index is 11.7. The summed E-state index contributed by atoms with van der Waals surface area (Å²) in [5.41, 5.74) is 6.92. The van der Waals surface area contributed by atoms with Crippen molar-refractivity contribution in [1.82, 2.24) is 5.32 Å². The maximum absolute atomic E-state index is 11.7. The van der Waals surface area contributed by atoms with E-state index in [1.54, 1.807) is 0 Å². The molecule has 1 saturated heterocycles. The van der Waals surface area contributed by atoms with Crippen molar-refractivity contribution in [2.75, 3.05) is 26.8 Å². The van der Waals surface area contributed by atoms with Crippen LogP contribution < -0.4 is 19.5 Å². The van der Waals surface area contributed by atoms with Crippen molar-refractivity contribution in [3.63, 3.8) is 0 Å². The molecule has 0 spiro atoms. The van der Waals surface area contributed by atoms with Crippen LogP contribution in [0.15, 0.2) is 54.6 Å². The van der Waals surface area contributed by atoms with Gasteiger partial charge in [-0.25, -0.2) is 0 Å². The van der Waals surface area contributed by atoms with E-state index in [0.29, 0.717) is 19.6 Å². The number of hydrogen-bond acceptors (Lipinski definition) is 6. The van der Waals surface area contributed by atoms with Gasteiger partial charge in [-0.3, -0.25) is 4.79 Å². The molecule has 6 heteroatoms. The normalized spacial score (nSPS) is 18.4. The lowest BCUT2D eigenvalue weighted by Crippen LogP contribution is -2.19. The Hall–Kier alpha value is -3.51. The molecule has 3 aromatic rings. The van der Waals surface area contributed by atoms with Gasteiger partial charge in [0.1, 0.15) is 30.0 Å². The molecular formula is C30H33NO5. The van der Waals surface area contributed by atoms with Crippen LogP contribution in [0.4, 0.5) is 0 Å². The van der Waals surface area contributed by atoms with Gasteiger partial charge in [-0.05, 0) is 78.9 Å². The second-order valence-corrected chi connectivity index (χ2v) is 9.64. The molecule has 2 aliphatic heterocycles. The number of ether oxygens (including phenoxy) is 4. The number of hydrogen-bond donors (Lipinski definition) is 1. The molecule has 2 aliphatic rings. The van der Waals surface area contributed by atoms with E-state index in [1.807, 2.05) is 18.2 Å². The van der Waals surface area contributed by atoms with Crippen molar-refractivity contribution in [3.05, 3.63) is 76.9 Å². The average Bonchev–Trinajstić information content (AvgIpc) is 3.52. The summed E-state index contributed by atoms with van der Waals surface area (Å²) >= 11 is 0. The SMILES string of the molecule is COC(=O)CC1COc2cc(OCc3cccc(-c4c(C)cc(OC5CCNC5)cc4C)c3)ccc21. The number of nitrogens with one attached hydrogen (secondary N) is 1. The molecule has 188 valence electrons. The number of benzene rings is 3. The van der Waals surface area contributed by atoms with Crippen molar-refractivity contribution < 1.29 is 23.7 Å². The highest BCUT2D eigenvalue weighted by Gasteiger charge is 2.27. The molecule has 0 amide bonds. The molecule has 1 fully saturated rings. The Morgan fingerprint density at radius 2 is 1.89 bits per heavy atom. The minimum absolute atomic E-state index is 0.0243. The number of aryl methyl sites for hydroxylation is 2. The predicted molar refractivity (Wildman–Crippen MR) is 139 cm³/mol. The first-order valence-electron chi connectivity index (χ1n) is 12.5. The van der Waals surface area contributed by atoms with Gasteiger partial charge in [-0.15, -0.1) is 0 Å². The highest BCUT2D eigenvalue weighted by molar-refractivity contribution is 5.72. The van der Waals surface area contributed by atoms with E-state index in [1.165, 1.54) is 29.4 Å². The van der Waals surface area contributed by atoms with Crippen molar-refractivity contribution in [2.45, 2.75) is 45.3 Å². The number of methoxy groups -OCH3 is 1. The fourth-order valence-corrected chi connectivity index (χ4v) is 5.15. The lowest BCUT2D eigenvalue weighted by Gasteiger charge is -2.17. The number of carbonyl (C=O) groups excluding carboxylic acids is 1. The van der Waals surface area contributed by atoms with E-state index in [0.717, 1.165) is 47.9 Å². The van der Waals surface area contributed by atoms with Gasteiger partial charge in [0.25, 0.3) is 0 Å². The standard InChI is InChI=1S/C30H33NO5/c1-19-11-26(36-25-9-10-31-16-25)12-20(2)30(19)22-6-4-5-21(13-22)17-34-24-7-8-27-23(14-29(32)33-3)18-35-28(27)15-24/h4-8,11-13,15,23,25,31H,9-10,14,16-18H2,1-3H3. The van der Waals surface area contributed by atoms with Crippen LogP contribution in [0, 0.1) is 13.8 Å². The summed E-state index contributed by atoms with van der Waals surface area (Å²) in [4.78, 5) is 11.7. The van der Waals surface area contributed by atoms with Crippen LogP contribution in [0.3, 0.4) is 0 Å². The Labute approximate surface area is 212 Å². The topological polar surface area (TPSA) is 66.0 Å². The molecule has 0 aliphatic carbocycles. The Morgan fingerprint density at radius 3 is 2.64 bits per heavy atom. The molecule has 2 unspecified atom stereocenters. The summed E-state index contributed by atoms with van der Waals surface area (Å²) in [5, 5.41) is 3.35. The smallest absolute Gasteiger partial charge is 0.306 e. The fourth-order valence-electron chi connectivity index (χ4n) is 5.15. The molecule has 36 heavy (non-hydrogen) atoms. The molecule has 3 aromatic carbocycles. The van der Waals surface area contributed by atoms with Crippen LogP contribution in [-0.2, 0) is 16.1 Å². The summed E-state index contributed by atoms with van der Waals surface area (Å²) in [6.45, 7) is 7.14. The van der Waals surface area contributed by atoms with Gasteiger partial charge in [-0.2, -0.15) is 0 Å². The van der Waals surface area contributed by atoms with Gasteiger partial charge >= 0.3 is 5.97 Å². The minimum Gasteiger partial charge on any atom is -0.492 e. The van der Waals surface area contributed by atoms with Gasteiger partial charge in [0, 0.05) is 24.1 Å². The molecular weight excluding hydrogens is 454 g/mol. The third-order valence-corrected chi connectivity index (χ3v) is 6.95. The molecule has 0 radical (unpaired) electrons. The summed E-state index contributed by atoms with van der Waals surface area (Å²) in [6, 6.07) is 18.6. The van der Waals surface area contributed by atoms with E-state index in [9.17, 15) is 4.79 Å². The molecule has 2 atom stereocenters. The highest BCUT2D eigenvalue weighted by atomic mass is 16.5. The first kappa shape index (κ1) is 24.2. The van der Waals surface area contributed by atoms with E-state index < -0.39 is 0 Å². The van der Waals surface area contributed by atoms with Gasteiger partial charge in [0.05, 0.1) is 20.1 Å². The van der Waals surface area contributed by atoms with Crippen molar-refractivity contribution >= 4 is 5.97 Å². The summed E-state index contributed by atoms with van der Waals surface area (Å²) in [6.07, 6.45) is 1.62. The molecule has 5 rings (SSSR count). The number of fused-ring (bicyclic) bond motifs is 1. The maximum Gasteiger partial charge on any atom is 0.306 e. The molecule has 0 saturated carbocycles. The summed E-state index contributed by atoms with van der Waals surface area (Å²) in [7, 11) is 1.41. The zero-order valence-electron chi connectivity index (χ0n) is 21.1. The van der Waals surface area contributed by atoms with Crippen LogP contribution in [-0.4, -0.2) is 38.9 Å². The van der Waals surface area contributed by atoms with E-state index in [-0.39, 0.29) is 18.0 Å². The van der Waals surface area contributed by atoms with Crippen LogP contribution >= 0.6 is 0 Å². The van der Waals surface area contributed by atoms with Crippen molar-refractivity contribution in [2.24, 2.45) is 0 Å². The fraction of sp³-hybridized carbons (Fsp3) is 0.367. The second-order valence-electron chi connectivity index (χ2n) is 9.64. The van der Waals surface area contributed by atoms with Gasteiger partial charge in [0.15, 0.2) is 0 Å². The first-order valence-corrected chi connectivity index (χ1v) is 12.5. The van der Waals surface area contributed by atoms with E-state index in [4.69, 9.17) is 18.9 Å². The highest BCUT2D eigenvalue weighted by Crippen LogP contribution is 2.39. The quantitative estimate of drug-likeness (QED) is 0.434. The zero-order valence-corrected chi connectivity index (χ0v) is 21.1. The number of esters is 1. The molecule has 0 aromatic heterocycles. The Balaban J connectivity index is 1.27. The minimum atomic E-state index is -0.226. The first-order chi connectivity index (χ1) is 17.5. The lowest BCUT2D eigenvalue weighted by atomic mass is 9.94. The second kappa shape index (κ2) is 10.6. The van der Waals surface area contributed by atoms with Crippen LogP contribution in [0.5, 0.6) is 17.2 Å². The Morgan fingerprint density at radius 1 is 1.06 bits per heavy atom. The van der Waals surface area contributed by atoms with Crippen molar-refractivity contribution in [1.29, 1.82) is 0 Å². The Kier molecular flexibility index (Phi) is 7.14. The van der Waals surface area contributed by atoms with Crippen LogP contribution in [0.2, 0.25) is 0 Å². The number of rotatable bonds is 8. The largest absolute Gasteiger partial charge is 0.492 e. The van der Waals surface area contributed by atoms with Gasteiger partial charge < -0.3 is 24.3 Å².